The zero-order chi connectivity index (χ0) is 20.0. The molecule has 0 bridgehead atoms. The number of benzene rings is 2. The Morgan fingerprint density at radius 1 is 1.00 bits per heavy atom. The van der Waals surface area contributed by atoms with Crippen molar-refractivity contribution in [3.63, 3.8) is 0 Å². The zero-order valence-corrected chi connectivity index (χ0v) is 16.6. The number of hydrogen-bond acceptors (Lipinski definition) is 6. The van der Waals surface area contributed by atoms with Crippen molar-refractivity contribution in [1.82, 2.24) is 0 Å². The fourth-order valence-corrected chi connectivity index (χ4v) is 5.44. The second-order valence-corrected chi connectivity index (χ2v) is 8.78. The standard InChI is InChI=1S/C22H22NO6/c1-22(14-4-5-15-19(28-11-25-15)18(14)21(24)29-22)20-13-9-17-16(26-10-27-17)8-12(13)6-7-23(20,2)3/h4-5,8-9,20H,6-7,10-11H2,1-3H3/q+1. The summed E-state index contributed by atoms with van der Waals surface area (Å²) < 4.78 is 29.1. The number of carbonyl (C=O) groups excluding carboxylic acids is 1. The summed E-state index contributed by atoms with van der Waals surface area (Å²) in [6.07, 6.45) is 0.924. The van der Waals surface area contributed by atoms with E-state index in [1.165, 1.54) is 5.56 Å². The van der Waals surface area contributed by atoms with Gasteiger partial charge in [0, 0.05) is 17.5 Å². The molecule has 0 fully saturated rings. The van der Waals surface area contributed by atoms with E-state index in [-0.39, 0.29) is 25.6 Å². The Morgan fingerprint density at radius 3 is 2.55 bits per heavy atom. The molecule has 2 aromatic carbocycles. The molecule has 0 spiro atoms. The van der Waals surface area contributed by atoms with Gasteiger partial charge in [0.05, 0.1) is 20.6 Å². The summed E-state index contributed by atoms with van der Waals surface area (Å²) in [6.45, 7) is 3.28. The van der Waals surface area contributed by atoms with Gasteiger partial charge in [-0.3, -0.25) is 0 Å². The SMILES string of the molecule is CC1(C2c3cc4c(cc3CC[N+]2(C)C)OCO4)OC(=O)c2c1ccc1c2OCO1. The number of ether oxygens (including phenoxy) is 5. The summed E-state index contributed by atoms with van der Waals surface area (Å²) >= 11 is 0. The monoisotopic (exact) mass is 396 g/mol. The van der Waals surface area contributed by atoms with Gasteiger partial charge >= 0.3 is 5.97 Å². The van der Waals surface area contributed by atoms with Crippen molar-refractivity contribution in [3.8, 4) is 23.0 Å². The fourth-order valence-electron chi connectivity index (χ4n) is 5.44. The van der Waals surface area contributed by atoms with Crippen LogP contribution in [0.3, 0.4) is 0 Å². The van der Waals surface area contributed by atoms with E-state index in [9.17, 15) is 4.79 Å². The van der Waals surface area contributed by atoms with Crippen LogP contribution in [0.1, 0.15) is 40.0 Å². The Balaban J connectivity index is 1.57. The van der Waals surface area contributed by atoms with Crippen LogP contribution >= 0.6 is 0 Å². The van der Waals surface area contributed by atoms with Crippen molar-refractivity contribution in [2.75, 3.05) is 34.2 Å². The Morgan fingerprint density at radius 2 is 1.72 bits per heavy atom. The van der Waals surface area contributed by atoms with Crippen LogP contribution in [0.5, 0.6) is 23.0 Å². The lowest BCUT2D eigenvalue weighted by molar-refractivity contribution is -0.931. The first kappa shape index (κ1) is 17.0. The third kappa shape index (κ3) is 2.13. The highest BCUT2D eigenvalue weighted by Gasteiger charge is 2.58. The lowest BCUT2D eigenvalue weighted by Gasteiger charge is -2.48. The number of fused-ring (bicyclic) bond motifs is 5. The van der Waals surface area contributed by atoms with Crippen LogP contribution in [0.4, 0.5) is 0 Å². The maximum Gasteiger partial charge on any atom is 0.343 e. The lowest BCUT2D eigenvalue weighted by atomic mass is 9.77. The molecule has 0 N–H and O–H groups in total. The van der Waals surface area contributed by atoms with E-state index >= 15 is 0 Å². The summed E-state index contributed by atoms with van der Waals surface area (Å²) in [7, 11) is 4.37. The smallest absolute Gasteiger partial charge is 0.343 e. The molecule has 6 rings (SSSR count). The minimum Gasteiger partial charge on any atom is -0.454 e. The topological polar surface area (TPSA) is 63.2 Å². The van der Waals surface area contributed by atoms with Crippen molar-refractivity contribution in [1.29, 1.82) is 0 Å². The first-order valence-corrected chi connectivity index (χ1v) is 9.80. The fraction of sp³-hybridized carbons (Fsp3) is 0.409. The average molecular weight is 396 g/mol. The Kier molecular flexibility index (Phi) is 3.14. The normalized spacial score (nSPS) is 27.4. The van der Waals surface area contributed by atoms with E-state index in [0.29, 0.717) is 21.5 Å². The predicted octanol–water partition coefficient (Wildman–Crippen LogP) is 2.90. The van der Waals surface area contributed by atoms with Gasteiger partial charge in [-0.25, -0.2) is 4.79 Å². The van der Waals surface area contributed by atoms with Crippen LogP contribution in [0.25, 0.3) is 0 Å². The molecule has 0 saturated heterocycles. The first-order chi connectivity index (χ1) is 13.9. The van der Waals surface area contributed by atoms with Crippen LogP contribution in [0, 0.1) is 0 Å². The molecule has 7 heteroatoms. The molecule has 4 aliphatic rings. The van der Waals surface area contributed by atoms with E-state index in [1.807, 2.05) is 19.1 Å². The van der Waals surface area contributed by atoms with Crippen molar-refractivity contribution >= 4 is 5.97 Å². The largest absolute Gasteiger partial charge is 0.454 e. The van der Waals surface area contributed by atoms with Gasteiger partial charge in [-0.2, -0.15) is 0 Å². The molecule has 0 aromatic heterocycles. The lowest BCUT2D eigenvalue weighted by Crippen LogP contribution is -2.55. The maximum atomic E-state index is 13.0. The quantitative estimate of drug-likeness (QED) is 0.546. The molecule has 0 saturated carbocycles. The van der Waals surface area contributed by atoms with Crippen LogP contribution in [0.2, 0.25) is 0 Å². The second kappa shape index (κ2) is 5.36. The van der Waals surface area contributed by atoms with E-state index in [0.717, 1.165) is 35.6 Å². The molecule has 0 radical (unpaired) electrons. The maximum absolute atomic E-state index is 13.0. The summed E-state index contributed by atoms with van der Waals surface area (Å²) in [4.78, 5) is 13.0. The highest BCUT2D eigenvalue weighted by atomic mass is 16.7. The Hall–Kier alpha value is -2.93. The van der Waals surface area contributed by atoms with Crippen LogP contribution < -0.4 is 18.9 Å². The number of likely N-dealkylation sites (N-methyl/N-ethyl adjacent to an activating group) is 1. The van der Waals surface area contributed by atoms with Crippen molar-refractivity contribution in [2.24, 2.45) is 0 Å². The van der Waals surface area contributed by atoms with E-state index in [4.69, 9.17) is 23.7 Å². The molecule has 4 heterocycles. The summed E-state index contributed by atoms with van der Waals surface area (Å²) in [5, 5.41) is 0. The van der Waals surface area contributed by atoms with Gasteiger partial charge < -0.3 is 28.2 Å². The average Bonchev–Trinajstić information content (AvgIpc) is 3.37. The molecule has 4 aliphatic heterocycles. The van der Waals surface area contributed by atoms with Gasteiger partial charge in [0.25, 0.3) is 0 Å². The predicted molar refractivity (Wildman–Crippen MR) is 101 cm³/mol. The molecule has 0 aliphatic carbocycles. The first-order valence-electron chi connectivity index (χ1n) is 9.80. The molecule has 7 nitrogen and oxygen atoms in total. The van der Waals surface area contributed by atoms with E-state index in [2.05, 4.69) is 26.2 Å². The van der Waals surface area contributed by atoms with E-state index in [1.54, 1.807) is 0 Å². The molecule has 2 aromatic rings. The van der Waals surface area contributed by atoms with E-state index < -0.39 is 5.60 Å². The van der Waals surface area contributed by atoms with Gasteiger partial charge in [0.2, 0.25) is 13.6 Å². The molecule has 2 atom stereocenters. The third-order valence-electron chi connectivity index (χ3n) is 6.69. The zero-order valence-electron chi connectivity index (χ0n) is 16.6. The van der Waals surface area contributed by atoms with Crippen molar-refractivity contribution in [3.05, 3.63) is 46.5 Å². The second-order valence-electron chi connectivity index (χ2n) is 8.78. The third-order valence-corrected chi connectivity index (χ3v) is 6.69. The van der Waals surface area contributed by atoms with Gasteiger partial charge in [0.15, 0.2) is 34.6 Å². The van der Waals surface area contributed by atoms with Crippen LogP contribution in [0.15, 0.2) is 24.3 Å². The van der Waals surface area contributed by atoms with Crippen molar-refractivity contribution < 1.29 is 33.0 Å². The molecule has 2 unspecified atom stereocenters. The molecule has 29 heavy (non-hydrogen) atoms. The van der Waals surface area contributed by atoms with Gasteiger partial charge in [0.1, 0.15) is 5.56 Å². The van der Waals surface area contributed by atoms with Gasteiger partial charge in [-0.15, -0.1) is 0 Å². The van der Waals surface area contributed by atoms with Gasteiger partial charge in [-0.1, -0.05) is 0 Å². The highest BCUT2D eigenvalue weighted by molar-refractivity contribution is 5.99. The number of esters is 1. The summed E-state index contributed by atoms with van der Waals surface area (Å²) in [6, 6.07) is 7.84. The summed E-state index contributed by atoms with van der Waals surface area (Å²) in [5.74, 6) is 2.24. The molecular formula is C22H22NO6+. The molecule has 0 amide bonds. The van der Waals surface area contributed by atoms with Crippen molar-refractivity contribution in [2.45, 2.75) is 25.0 Å². The van der Waals surface area contributed by atoms with Crippen LogP contribution in [-0.2, 0) is 16.8 Å². The number of rotatable bonds is 1. The minimum atomic E-state index is -0.847. The minimum absolute atomic E-state index is 0.105. The Labute approximate surface area is 168 Å². The van der Waals surface area contributed by atoms with Gasteiger partial charge in [-0.05, 0) is 36.8 Å². The number of nitrogens with zero attached hydrogens (tertiary/aromatic N) is 1. The number of carbonyl (C=O) groups is 1. The Bertz CT molecular complexity index is 1080. The molecular weight excluding hydrogens is 374 g/mol. The number of quaternary nitrogens is 1. The number of hydrogen-bond donors (Lipinski definition) is 0. The van der Waals surface area contributed by atoms with Crippen LogP contribution in [-0.4, -0.2) is 44.7 Å². The molecule has 150 valence electrons. The highest BCUT2D eigenvalue weighted by Crippen LogP contribution is 2.56. The number of cyclic esters (lactones) is 1. The summed E-state index contributed by atoms with van der Waals surface area (Å²) in [5.41, 5.74) is 2.82.